The maximum absolute atomic E-state index is 13.8. The van der Waals surface area contributed by atoms with Gasteiger partial charge in [0.15, 0.2) is 5.75 Å². The number of rotatable bonds is 10. The molecular formula is C36H40N6O5. The number of para-hydroxylation sites is 3. The first-order chi connectivity index (χ1) is 22.6. The molecule has 1 aliphatic heterocycles. The molecule has 3 aromatic carbocycles. The predicted octanol–water partition coefficient (Wildman–Crippen LogP) is 4.52. The van der Waals surface area contributed by atoms with E-state index in [1.165, 1.54) is 12.4 Å². The first kappa shape index (κ1) is 33.1. The average molecular weight is 637 g/mol. The second-order valence-electron chi connectivity index (χ2n) is 11.9. The van der Waals surface area contributed by atoms with Crippen LogP contribution in [0.3, 0.4) is 0 Å². The molecule has 0 bridgehead atoms. The lowest BCUT2D eigenvalue weighted by atomic mass is 9.98. The molecular weight excluding hydrogens is 596 g/mol. The van der Waals surface area contributed by atoms with E-state index in [4.69, 9.17) is 10.5 Å². The van der Waals surface area contributed by atoms with Gasteiger partial charge in [0, 0.05) is 49.1 Å². The highest BCUT2D eigenvalue weighted by molar-refractivity contribution is 6.07. The van der Waals surface area contributed by atoms with Gasteiger partial charge in [0.05, 0.1) is 35.3 Å². The van der Waals surface area contributed by atoms with Crippen LogP contribution in [0.2, 0.25) is 0 Å². The van der Waals surface area contributed by atoms with E-state index in [1.54, 1.807) is 59.5 Å². The number of aliphatic hydroxyl groups is 1. The minimum atomic E-state index is -0.418. The zero-order valence-electron chi connectivity index (χ0n) is 26.7. The normalized spacial score (nSPS) is 16.8. The molecule has 0 saturated carbocycles. The first-order valence-corrected chi connectivity index (χ1v) is 15.5. The lowest BCUT2D eigenvalue weighted by molar-refractivity contribution is 0.0343. The zero-order valence-corrected chi connectivity index (χ0v) is 26.7. The third-order valence-corrected chi connectivity index (χ3v) is 8.25. The number of nitrogen functional groups attached to an aromatic ring is 1. The first-order valence-electron chi connectivity index (χ1n) is 15.5. The number of likely N-dealkylation sites (N-methyl/N-ethyl adjacent to an activating group) is 1. The number of pyridine rings is 1. The molecule has 0 fully saturated rings. The van der Waals surface area contributed by atoms with Crippen molar-refractivity contribution >= 4 is 34.8 Å². The van der Waals surface area contributed by atoms with E-state index in [0.29, 0.717) is 53.4 Å². The SMILES string of the molecule is C[C@H]1CN([C@@H](C)CO)C(=O)c2cccc(NC(=O)c3ccncc3)c2O[C@@H]1CN(C)Cc1ccc(C(=O)Nc2ccccc2N)cc1. The molecule has 3 atom stereocenters. The van der Waals surface area contributed by atoms with E-state index < -0.39 is 6.04 Å². The van der Waals surface area contributed by atoms with Crippen molar-refractivity contribution in [3.63, 3.8) is 0 Å². The molecule has 5 rings (SSSR count). The fourth-order valence-corrected chi connectivity index (χ4v) is 5.51. The Hall–Kier alpha value is -5.26. The van der Waals surface area contributed by atoms with Gasteiger partial charge in [-0.3, -0.25) is 24.3 Å². The number of fused-ring (bicyclic) bond motifs is 1. The summed E-state index contributed by atoms with van der Waals surface area (Å²) in [5.41, 5.74) is 9.63. The molecule has 0 spiro atoms. The molecule has 0 unspecified atom stereocenters. The minimum Gasteiger partial charge on any atom is -0.486 e. The summed E-state index contributed by atoms with van der Waals surface area (Å²) in [4.78, 5) is 47.4. The highest BCUT2D eigenvalue weighted by atomic mass is 16.5. The van der Waals surface area contributed by atoms with Crippen LogP contribution in [-0.4, -0.2) is 76.5 Å². The van der Waals surface area contributed by atoms with Crippen LogP contribution in [0, 0.1) is 5.92 Å². The molecule has 244 valence electrons. The van der Waals surface area contributed by atoms with Crippen molar-refractivity contribution in [2.75, 3.05) is 43.1 Å². The Kier molecular flexibility index (Phi) is 10.5. The van der Waals surface area contributed by atoms with Gasteiger partial charge in [-0.15, -0.1) is 0 Å². The third-order valence-electron chi connectivity index (χ3n) is 8.25. The number of amides is 3. The molecule has 3 amide bonds. The van der Waals surface area contributed by atoms with Crippen LogP contribution in [0.4, 0.5) is 17.1 Å². The maximum Gasteiger partial charge on any atom is 0.258 e. The van der Waals surface area contributed by atoms with Gasteiger partial charge in [-0.1, -0.05) is 37.3 Å². The fraction of sp³-hybridized carbons (Fsp3) is 0.278. The molecule has 0 saturated heterocycles. The predicted molar refractivity (Wildman–Crippen MR) is 181 cm³/mol. The van der Waals surface area contributed by atoms with Crippen molar-refractivity contribution < 1.29 is 24.2 Å². The Balaban J connectivity index is 1.34. The van der Waals surface area contributed by atoms with Crippen molar-refractivity contribution in [3.8, 4) is 5.75 Å². The summed E-state index contributed by atoms with van der Waals surface area (Å²) < 4.78 is 6.63. The highest BCUT2D eigenvalue weighted by Crippen LogP contribution is 2.35. The number of anilines is 3. The zero-order chi connectivity index (χ0) is 33.5. The molecule has 5 N–H and O–H groups in total. The van der Waals surface area contributed by atoms with Crippen LogP contribution in [-0.2, 0) is 6.54 Å². The van der Waals surface area contributed by atoms with Crippen LogP contribution >= 0.6 is 0 Å². The molecule has 2 heterocycles. The number of nitrogens with two attached hydrogens (primary N) is 1. The van der Waals surface area contributed by atoms with Crippen molar-refractivity contribution in [1.29, 1.82) is 0 Å². The smallest absolute Gasteiger partial charge is 0.258 e. The third kappa shape index (κ3) is 7.94. The molecule has 1 aromatic heterocycles. The van der Waals surface area contributed by atoms with Gasteiger partial charge in [0.1, 0.15) is 6.10 Å². The molecule has 0 aliphatic carbocycles. The van der Waals surface area contributed by atoms with Gasteiger partial charge in [-0.05, 0) is 68.1 Å². The van der Waals surface area contributed by atoms with Crippen molar-refractivity contribution in [2.45, 2.75) is 32.5 Å². The molecule has 47 heavy (non-hydrogen) atoms. The molecule has 4 aromatic rings. The van der Waals surface area contributed by atoms with Crippen LogP contribution in [0.25, 0.3) is 0 Å². The van der Waals surface area contributed by atoms with Crippen molar-refractivity contribution in [2.24, 2.45) is 5.92 Å². The van der Waals surface area contributed by atoms with Gasteiger partial charge in [0.25, 0.3) is 17.7 Å². The lowest BCUT2D eigenvalue weighted by Gasteiger charge is -2.38. The van der Waals surface area contributed by atoms with Gasteiger partial charge in [0.2, 0.25) is 0 Å². The maximum atomic E-state index is 13.8. The average Bonchev–Trinajstić information content (AvgIpc) is 3.08. The summed E-state index contributed by atoms with van der Waals surface area (Å²) >= 11 is 0. The van der Waals surface area contributed by atoms with Crippen LogP contribution in [0.1, 0.15) is 50.5 Å². The summed E-state index contributed by atoms with van der Waals surface area (Å²) in [7, 11) is 1.98. The topological polar surface area (TPSA) is 150 Å². The second kappa shape index (κ2) is 14.9. The molecule has 11 heteroatoms. The number of nitrogens with one attached hydrogen (secondary N) is 2. The number of nitrogens with zero attached hydrogens (tertiary/aromatic N) is 3. The molecule has 11 nitrogen and oxygen atoms in total. The van der Waals surface area contributed by atoms with Crippen LogP contribution in [0.5, 0.6) is 5.75 Å². The Labute approximate surface area is 274 Å². The standard InChI is InChI=1S/C36H40N6O5/c1-23-19-42(24(2)22-43)36(46)28-7-6-10-31(40-35(45)27-15-17-38-18-16-27)33(28)47-32(23)21-41(3)20-25-11-13-26(14-12-25)34(44)39-30-9-5-4-8-29(30)37/h4-18,23-24,32,43H,19-22,37H2,1-3H3,(H,39,44)(H,40,45)/t23-,24-,32+/m0/s1. The van der Waals surface area contributed by atoms with E-state index in [0.717, 1.165) is 5.56 Å². The summed E-state index contributed by atoms with van der Waals surface area (Å²) in [5.74, 6) is -0.718. The van der Waals surface area contributed by atoms with E-state index in [-0.39, 0.29) is 42.1 Å². The number of carbonyl (C=O) groups excluding carboxylic acids is 3. The number of carbonyl (C=O) groups is 3. The largest absolute Gasteiger partial charge is 0.486 e. The lowest BCUT2D eigenvalue weighted by Crippen LogP contribution is -2.49. The Morgan fingerprint density at radius 3 is 2.30 bits per heavy atom. The minimum absolute atomic E-state index is 0.121. The fourth-order valence-electron chi connectivity index (χ4n) is 5.51. The van der Waals surface area contributed by atoms with E-state index in [9.17, 15) is 19.5 Å². The monoisotopic (exact) mass is 636 g/mol. The summed E-state index contributed by atoms with van der Waals surface area (Å²) in [6, 6.07) is 22.4. The number of aliphatic hydroxyl groups excluding tert-OH is 1. The summed E-state index contributed by atoms with van der Waals surface area (Å²) in [5, 5.41) is 15.7. The Morgan fingerprint density at radius 1 is 0.979 bits per heavy atom. The van der Waals surface area contributed by atoms with E-state index in [1.807, 2.05) is 45.2 Å². The van der Waals surface area contributed by atoms with Crippen LogP contribution < -0.4 is 21.1 Å². The van der Waals surface area contributed by atoms with Crippen molar-refractivity contribution in [3.05, 3.63) is 114 Å². The number of ether oxygens (including phenoxy) is 1. The number of hydrogen-bond acceptors (Lipinski definition) is 8. The van der Waals surface area contributed by atoms with Crippen LogP contribution in [0.15, 0.2) is 91.3 Å². The summed E-state index contributed by atoms with van der Waals surface area (Å²) in [6.07, 6.45) is 2.70. The Bertz CT molecular complexity index is 1710. The summed E-state index contributed by atoms with van der Waals surface area (Å²) in [6.45, 7) is 5.08. The quantitative estimate of drug-likeness (QED) is 0.186. The number of benzene rings is 3. The van der Waals surface area contributed by atoms with E-state index >= 15 is 0 Å². The number of hydrogen-bond donors (Lipinski definition) is 4. The van der Waals surface area contributed by atoms with Gasteiger partial charge in [-0.25, -0.2) is 0 Å². The molecule has 0 radical (unpaired) electrons. The number of aromatic nitrogens is 1. The van der Waals surface area contributed by atoms with Crippen molar-refractivity contribution in [1.82, 2.24) is 14.8 Å². The Morgan fingerprint density at radius 2 is 1.62 bits per heavy atom. The highest BCUT2D eigenvalue weighted by Gasteiger charge is 2.34. The second-order valence-corrected chi connectivity index (χ2v) is 11.9. The van der Waals surface area contributed by atoms with Gasteiger partial charge in [-0.2, -0.15) is 0 Å². The van der Waals surface area contributed by atoms with E-state index in [2.05, 4.69) is 20.5 Å². The van der Waals surface area contributed by atoms with Gasteiger partial charge >= 0.3 is 0 Å². The van der Waals surface area contributed by atoms with Gasteiger partial charge < -0.3 is 31.1 Å². The molecule has 1 aliphatic rings.